The third-order valence-corrected chi connectivity index (χ3v) is 4.38. The second-order valence-corrected chi connectivity index (χ2v) is 6.70. The number of rotatable bonds is 7. The number of carbonyl (C=O) groups excluding carboxylic acids is 2. The van der Waals surface area contributed by atoms with Crippen LogP contribution in [0.4, 0.5) is 0 Å². The minimum Gasteiger partial charge on any atom is -0.352 e. The number of carbonyl (C=O) groups is 2. The van der Waals surface area contributed by atoms with Gasteiger partial charge in [0.2, 0.25) is 0 Å². The van der Waals surface area contributed by atoms with Crippen molar-refractivity contribution in [2.75, 3.05) is 6.54 Å². The molecule has 0 bridgehead atoms. The van der Waals surface area contributed by atoms with Crippen LogP contribution in [-0.2, 0) is 13.0 Å². The van der Waals surface area contributed by atoms with Crippen LogP contribution in [0.1, 0.15) is 31.8 Å². The summed E-state index contributed by atoms with van der Waals surface area (Å²) in [4.78, 5) is 28.7. The number of aromatic nitrogens is 1. The van der Waals surface area contributed by atoms with E-state index in [1.165, 1.54) is 12.4 Å². The van der Waals surface area contributed by atoms with Crippen LogP contribution >= 0.6 is 11.6 Å². The number of hydrogen-bond acceptors (Lipinski definition) is 3. The van der Waals surface area contributed by atoms with Gasteiger partial charge in [0, 0.05) is 30.5 Å². The van der Waals surface area contributed by atoms with Gasteiger partial charge in [-0.1, -0.05) is 54.1 Å². The van der Waals surface area contributed by atoms with Crippen molar-refractivity contribution >= 4 is 23.4 Å². The number of pyridine rings is 1. The van der Waals surface area contributed by atoms with Gasteiger partial charge in [0.1, 0.15) is 0 Å². The van der Waals surface area contributed by atoms with Gasteiger partial charge in [-0.05, 0) is 35.7 Å². The predicted octanol–water partition coefficient (Wildman–Crippen LogP) is 3.64. The highest BCUT2D eigenvalue weighted by molar-refractivity contribution is 6.30. The van der Waals surface area contributed by atoms with Crippen molar-refractivity contribution in [3.8, 4) is 0 Å². The van der Waals surface area contributed by atoms with Crippen LogP contribution in [0.3, 0.4) is 0 Å². The van der Waals surface area contributed by atoms with Gasteiger partial charge in [-0.2, -0.15) is 0 Å². The summed E-state index contributed by atoms with van der Waals surface area (Å²) >= 11 is 5.96. The fourth-order valence-electron chi connectivity index (χ4n) is 2.68. The van der Waals surface area contributed by atoms with E-state index in [-0.39, 0.29) is 11.8 Å². The third-order valence-electron chi connectivity index (χ3n) is 4.15. The van der Waals surface area contributed by atoms with Crippen molar-refractivity contribution in [1.82, 2.24) is 15.6 Å². The molecule has 28 heavy (non-hydrogen) atoms. The monoisotopic (exact) mass is 393 g/mol. The Morgan fingerprint density at radius 3 is 2.21 bits per heavy atom. The van der Waals surface area contributed by atoms with E-state index in [2.05, 4.69) is 15.6 Å². The second-order valence-electron chi connectivity index (χ2n) is 6.27. The first kappa shape index (κ1) is 19.6. The number of nitrogens with one attached hydrogen (secondary N) is 2. The van der Waals surface area contributed by atoms with E-state index in [1.54, 1.807) is 6.07 Å². The van der Waals surface area contributed by atoms with Crippen molar-refractivity contribution in [3.63, 3.8) is 0 Å². The molecule has 0 saturated carbocycles. The van der Waals surface area contributed by atoms with Gasteiger partial charge in [0.25, 0.3) is 11.8 Å². The molecule has 3 rings (SSSR count). The largest absolute Gasteiger partial charge is 0.352 e. The SMILES string of the molecule is O=C(NCCc1cccc(Cl)c1)c1cncc(C(=O)NCc2ccccc2)c1. The summed E-state index contributed by atoms with van der Waals surface area (Å²) in [6.07, 6.45) is 3.56. The fraction of sp³-hybridized carbons (Fsp3) is 0.136. The maximum absolute atomic E-state index is 12.3. The Kier molecular flexibility index (Phi) is 6.76. The van der Waals surface area contributed by atoms with E-state index in [9.17, 15) is 9.59 Å². The molecule has 0 unspecified atom stereocenters. The molecule has 0 saturated heterocycles. The molecule has 1 aromatic heterocycles. The van der Waals surface area contributed by atoms with E-state index in [4.69, 9.17) is 11.6 Å². The molecule has 3 aromatic rings. The Balaban J connectivity index is 1.54. The number of hydrogen-bond donors (Lipinski definition) is 2. The van der Waals surface area contributed by atoms with E-state index in [1.807, 2.05) is 54.6 Å². The Morgan fingerprint density at radius 2 is 1.50 bits per heavy atom. The predicted molar refractivity (Wildman–Crippen MR) is 109 cm³/mol. The van der Waals surface area contributed by atoms with Crippen LogP contribution in [0.15, 0.2) is 73.1 Å². The highest BCUT2D eigenvalue weighted by Gasteiger charge is 2.11. The number of nitrogens with zero attached hydrogens (tertiary/aromatic N) is 1. The molecule has 0 aliphatic rings. The molecule has 6 heteroatoms. The zero-order chi connectivity index (χ0) is 19.8. The average Bonchev–Trinajstić information content (AvgIpc) is 2.73. The van der Waals surface area contributed by atoms with E-state index in [0.717, 1.165) is 11.1 Å². The normalized spacial score (nSPS) is 10.3. The molecule has 0 fully saturated rings. The van der Waals surface area contributed by atoms with Crippen LogP contribution in [0.5, 0.6) is 0 Å². The Morgan fingerprint density at radius 1 is 0.821 bits per heavy atom. The minimum atomic E-state index is -0.273. The first-order chi connectivity index (χ1) is 13.6. The van der Waals surface area contributed by atoms with Crippen LogP contribution in [-0.4, -0.2) is 23.3 Å². The summed E-state index contributed by atoms with van der Waals surface area (Å²) in [5, 5.41) is 6.33. The maximum atomic E-state index is 12.3. The first-order valence-corrected chi connectivity index (χ1v) is 9.29. The second kappa shape index (κ2) is 9.67. The molecule has 2 N–H and O–H groups in total. The van der Waals surface area contributed by atoms with E-state index < -0.39 is 0 Å². The lowest BCUT2D eigenvalue weighted by Crippen LogP contribution is -2.27. The maximum Gasteiger partial charge on any atom is 0.253 e. The molecule has 2 aromatic carbocycles. The van der Waals surface area contributed by atoms with Crippen molar-refractivity contribution in [1.29, 1.82) is 0 Å². The summed E-state index contributed by atoms with van der Waals surface area (Å²) in [5.74, 6) is -0.544. The van der Waals surface area contributed by atoms with Crippen molar-refractivity contribution in [2.45, 2.75) is 13.0 Å². The molecule has 5 nitrogen and oxygen atoms in total. The lowest BCUT2D eigenvalue weighted by molar-refractivity contribution is 0.0950. The summed E-state index contributed by atoms with van der Waals surface area (Å²) in [6.45, 7) is 0.874. The molecule has 0 atom stereocenters. The van der Waals surface area contributed by atoms with Crippen LogP contribution < -0.4 is 10.6 Å². The summed E-state index contributed by atoms with van der Waals surface area (Å²) in [5.41, 5.74) is 2.73. The molecule has 0 aliphatic heterocycles. The molecular formula is C22H20ClN3O2. The van der Waals surface area contributed by atoms with Crippen LogP contribution in [0.2, 0.25) is 5.02 Å². The van der Waals surface area contributed by atoms with Gasteiger partial charge >= 0.3 is 0 Å². The molecule has 0 aliphatic carbocycles. The van der Waals surface area contributed by atoms with Gasteiger partial charge in [-0.25, -0.2) is 0 Å². The van der Waals surface area contributed by atoms with Crippen molar-refractivity contribution in [2.24, 2.45) is 0 Å². The quantitative estimate of drug-likeness (QED) is 0.643. The molecule has 142 valence electrons. The molecule has 2 amide bonds. The number of amides is 2. The highest BCUT2D eigenvalue weighted by atomic mass is 35.5. The minimum absolute atomic E-state index is 0.271. The van der Waals surface area contributed by atoms with E-state index in [0.29, 0.717) is 35.7 Å². The first-order valence-electron chi connectivity index (χ1n) is 8.91. The Bertz CT molecular complexity index is 961. The molecule has 1 heterocycles. The van der Waals surface area contributed by atoms with Gasteiger partial charge in [-0.15, -0.1) is 0 Å². The fourth-order valence-corrected chi connectivity index (χ4v) is 2.90. The number of halogens is 1. The highest BCUT2D eigenvalue weighted by Crippen LogP contribution is 2.11. The van der Waals surface area contributed by atoms with Crippen molar-refractivity contribution < 1.29 is 9.59 Å². The zero-order valence-electron chi connectivity index (χ0n) is 15.2. The molecule has 0 spiro atoms. The Hall–Kier alpha value is -3.18. The van der Waals surface area contributed by atoms with Gasteiger partial charge in [0.05, 0.1) is 11.1 Å². The summed E-state index contributed by atoms with van der Waals surface area (Å²) < 4.78 is 0. The number of benzene rings is 2. The van der Waals surface area contributed by atoms with Gasteiger partial charge < -0.3 is 10.6 Å². The van der Waals surface area contributed by atoms with Crippen LogP contribution in [0, 0.1) is 0 Å². The van der Waals surface area contributed by atoms with Crippen molar-refractivity contribution in [3.05, 3.63) is 100 Å². The van der Waals surface area contributed by atoms with Gasteiger partial charge in [0.15, 0.2) is 0 Å². The van der Waals surface area contributed by atoms with Gasteiger partial charge in [-0.3, -0.25) is 14.6 Å². The Labute approximate surface area is 168 Å². The summed E-state index contributed by atoms with van der Waals surface area (Å²) in [6, 6.07) is 18.7. The zero-order valence-corrected chi connectivity index (χ0v) is 15.9. The topological polar surface area (TPSA) is 71.1 Å². The lowest BCUT2D eigenvalue weighted by Gasteiger charge is -2.08. The third kappa shape index (κ3) is 5.66. The molecular weight excluding hydrogens is 374 g/mol. The molecule has 0 radical (unpaired) electrons. The standard InChI is InChI=1S/C22H20ClN3O2/c23-20-8-4-7-16(11-20)9-10-25-21(27)18-12-19(15-24-14-18)22(28)26-13-17-5-2-1-3-6-17/h1-8,11-12,14-15H,9-10,13H2,(H,25,27)(H,26,28). The average molecular weight is 394 g/mol. The summed E-state index contributed by atoms with van der Waals surface area (Å²) in [7, 11) is 0. The lowest BCUT2D eigenvalue weighted by atomic mass is 10.1. The smallest absolute Gasteiger partial charge is 0.253 e. The van der Waals surface area contributed by atoms with E-state index >= 15 is 0 Å². The van der Waals surface area contributed by atoms with Crippen LogP contribution in [0.25, 0.3) is 0 Å².